The maximum Gasteiger partial charge on any atom is 0.287 e. The van der Waals surface area contributed by atoms with Crippen LogP contribution in [0.5, 0.6) is 0 Å². The van der Waals surface area contributed by atoms with Crippen molar-refractivity contribution in [1.82, 2.24) is 5.32 Å². The van der Waals surface area contributed by atoms with Gasteiger partial charge in [-0.25, -0.2) is 0 Å². The first-order chi connectivity index (χ1) is 9.58. The van der Waals surface area contributed by atoms with E-state index >= 15 is 0 Å². The van der Waals surface area contributed by atoms with Gasteiger partial charge in [-0.15, -0.1) is 0 Å². The number of furan rings is 1. The molecule has 0 unspecified atom stereocenters. The van der Waals surface area contributed by atoms with Gasteiger partial charge in [0.05, 0.1) is 17.7 Å². The predicted octanol–water partition coefficient (Wildman–Crippen LogP) is 3.52. The van der Waals surface area contributed by atoms with Crippen molar-refractivity contribution >= 4 is 32.8 Å². The second-order valence-electron chi connectivity index (χ2n) is 4.53. The standard InChI is InChI=1S/C15H16BrNO3/c1-10(2)9-19-7-6-17-15(18)13-8-11-4-3-5-12(16)14(11)20-13/h3-5,8H,1,6-7,9H2,2H3,(H,17,18). The van der Waals surface area contributed by atoms with Crippen molar-refractivity contribution in [3.05, 3.63) is 46.7 Å². The maximum absolute atomic E-state index is 11.9. The van der Waals surface area contributed by atoms with E-state index in [1.165, 1.54) is 0 Å². The second-order valence-corrected chi connectivity index (χ2v) is 5.39. The Morgan fingerprint density at radius 2 is 2.30 bits per heavy atom. The molecule has 0 aliphatic carbocycles. The van der Waals surface area contributed by atoms with Crippen molar-refractivity contribution in [2.24, 2.45) is 0 Å². The van der Waals surface area contributed by atoms with Gasteiger partial charge in [-0.1, -0.05) is 24.3 Å². The largest absolute Gasteiger partial charge is 0.450 e. The van der Waals surface area contributed by atoms with Crippen LogP contribution in [0.4, 0.5) is 0 Å². The summed E-state index contributed by atoms with van der Waals surface area (Å²) in [5.74, 6) is 0.0545. The van der Waals surface area contributed by atoms with Crippen LogP contribution in [-0.4, -0.2) is 25.7 Å². The maximum atomic E-state index is 11.9. The van der Waals surface area contributed by atoms with Crippen molar-refractivity contribution in [3.8, 4) is 0 Å². The summed E-state index contributed by atoms with van der Waals surface area (Å²) >= 11 is 3.39. The minimum Gasteiger partial charge on any atom is -0.450 e. The van der Waals surface area contributed by atoms with Crippen LogP contribution in [0.25, 0.3) is 11.0 Å². The molecule has 20 heavy (non-hydrogen) atoms. The van der Waals surface area contributed by atoms with E-state index in [1.807, 2.05) is 25.1 Å². The fourth-order valence-corrected chi connectivity index (χ4v) is 2.17. The van der Waals surface area contributed by atoms with Crippen LogP contribution in [0, 0.1) is 0 Å². The minimum atomic E-state index is -0.243. The van der Waals surface area contributed by atoms with Gasteiger partial charge in [-0.2, -0.15) is 0 Å². The Labute approximate surface area is 125 Å². The van der Waals surface area contributed by atoms with E-state index in [-0.39, 0.29) is 5.91 Å². The normalized spacial score (nSPS) is 10.7. The van der Waals surface area contributed by atoms with Crippen LogP contribution in [0.2, 0.25) is 0 Å². The van der Waals surface area contributed by atoms with Crippen LogP contribution in [0.1, 0.15) is 17.5 Å². The van der Waals surface area contributed by atoms with Crippen LogP contribution in [0.15, 0.2) is 45.3 Å². The van der Waals surface area contributed by atoms with Crippen LogP contribution in [0.3, 0.4) is 0 Å². The molecule has 5 heteroatoms. The number of carbonyl (C=O) groups is 1. The lowest BCUT2D eigenvalue weighted by Gasteiger charge is -2.04. The van der Waals surface area contributed by atoms with Gasteiger partial charge in [0, 0.05) is 11.9 Å². The lowest BCUT2D eigenvalue weighted by molar-refractivity contribution is 0.0901. The number of hydrogen-bond acceptors (Lipinski definition) is 3. The molecule has 1 amide bonds. The fourth-order valence-electron chi connectivity index (χ4n) is 1.71. The molecule has 0 bridgehead atoms. The van der Waals surface area contributed by atoms with E-state index in [0.29, 0.717) is 31.1 Å². The predicted molar refractivity (Wildman–Crippen MR) is 81.9 cm³/mol. The SMILES string of the molecule is C=C(C)COCCNC(=O)c1cc2cccc(Br)c2o1. The van der Waals surface area contributed by atoms with Crippen LogP contribution < -0.4 is 5.32 Å². The molecule has 1 N–H and O–H groups in total. The minimum absolute atomic E-state index is 0.243. The third-order valence-corrected chi connectivity index (χ3v) is 3.22. The molecular formula is C15H16BrNO3. The fraction of sp³-hybridized carbons (Fsp3) is 0.267. The zero-order chi connectivity index (χ0) is 14.5. The number of carbonyl (C=O) groups excluding carboxylic acids is 1. The van der Waals surface area contributed by atoms with Crippen molar-refractivity contribution in [1.29, 1.82) is 0 Å². The highest BCUT2D eigenvalue weighted by atomic mass is 79.9. The Hall–Kier alpha value is -1.59. The summed E-state index contributed by atoms with van der Waals surface area (Å²) in [5, 5.41) is 3.64. The molecule has 2 rings (SSSR count). The molecule has 0 saturated heterocycles. The van der Waals surface area contributed by atoms with E-state index in [0.717, 1.165) is 15.4 Å². The average molecular weight is 338 g/mol. The Balaban J connectivity index is 1.91. The summed E-state index contributed by atoms with van der Waals surface area (Å²) in [6.07, 6.45) is 0. The Kier molecular flexibility index (Phi) is 4.98. The highest BCUT2D eigenvalue weighted by molar-refractivity contribution is 9.10. The number of fused-ring (bicyclic) bond motifs is 1. The Morgan fingerprint density at radius 3 is 3.00 bits per heavy atom. The summed E-state index contributed by atoms with van der Waals surface area (Å²) in [4.78, 5) is 11.9. The first-order valence-electron chi connectivity index (χ1n) is 6.26. The van der Waals surface area contributed by atoms with Crippen LogP contribution >= 0.6 is 15.9 Å². The smallest absolute Gasteiger partial charge is 0.287 e. The van der Waals surface area contributed by atoms with E-state index in [1.54, 1.807) is 6.07 Å². The lowest BCUT2D eigenvalue weighted by atomic mass is 10.2. The number of amides is 1. The van der Waals surface area contributed by atoms with Gasteiger partial charge in [0.15, 0.2) is 5.76 Å². The molecule has 1 heterocycles. The summed E-state index contributed by atoms with van der Waals surface area (Å²) in [6, 6.07) is 7.40. The molecule has 106 valence electrons. The van der Waals surface area contributed by atoms with E-state index < -0.39 is 0 Å². The van der Waals surface area contributed by atoms with E-state index in [4.69, 9.17) is 9.15 Å². The quantitative estimate of drug-likeness (QED) is 0.648. The molecule has 2 aromatic rings. The zero-order valence-corrected chi connectivity index (χ0v) is 12.8. The summed E-state index contributed by atoms with van der Waals surface area (Å²) in [7, 11) is 0. The lowest BCUT2D eigenvalue weighted by Crippen LogP contribution is -2.27. The van der Waals surface area contributed by atoms with E-state index in [9.17, 15) is 4.79 Å². The Bertz CT molecular complexity index is 633. The van der Waals surface area contributed by atoms with Gasteiger partial charge in [0.1, 0.15) is 5.58 Å². The molecule has 0 aliphatic heterocycles. The summed E-state index contributed by atoms with van der Waals surface area (Å²) in [6.45, 7) is 7.02. The van der Waals surface area contributed by atoms with Gasteiger partial charge in [-0.05, 0) is 35.0 Å². The molecule has 0 radical (unpaired) electrons. The number of halogens is 1. The number of nitrogens with one attached hydrogen (secondary N) is 1. The number of rotatable bonds is 6. The van der Waals surface area contributed by atoms with Crippen molar-refractivity contribution in [2.75, 3.05) is 19.8 Å². The molecule has 1 aromatic carbocycles. The van der Waals surface area contributed by atoms with Gasteiger partial charge < -0.3 is 14.5 Å². The van der Waals surface area contributed by atoms with E-state index in [2.05, 4.69) is 27.8 Å². The number of ether oxygens (including phenoxy) is 1. The number of benzene rings is 1. The van der Waals surface area contributed by atoms with Crippen molar-refractivity contribution in [3.63, 3.8) is 0 Å². The topological polar surface area (TPSA) is 51.5 Å². The monoisotopic (exact) mass is 337 g/mol. The van der Waals surface area contributed by atoms with Crippen LogP contribution in [-0.2, 0) is 4.74 Å². The first kappa shape index (κ1) is 14.8. The molecule has 0 saturated carbocycles. The Morgan fingerprint density at radius 1 is 1.50 bits per heavy atom. The van der Waals surface area contributed by atoms with Crippen molar-refractivity contribution in [2.45, 2.75) is 6.92 Å². The molecule has 4 nitrogen and oxygen atoms in total. The molecule has 0 aliphatic rings. The van der Waals surface area contributed by atoms with Crippen molar-refractivity contribution < 1.29 is 13.9 Å². The average Bonchev–Trinajstić information content (AvgIpc) is 2.83. The third kappa shape index (κ3) is 3.71. The van der Waals surface area contributed by atoms with Gasteiger partial charge in [0.2, 0.25) is 0 Å². The second kappa shape index (κ2) is 6.72. The zero-order valence-electron chi connectivity index (χ0n) is 11.2. The first-order valence-corrected chi connectivity index (χ1v) is 7.05. The number of para-hydroxylation sites is 1. The third-order valence-electron chi connectivity index (χ3n) is 2.60. The molecule has 1 aromatic heterocycles. The number of hydrogen-bond donors (Lipinski definition) is 1. The molecule has 0 atom stereocenters. The van der Waals surface area contributed by atoms with Gasteiger partial charge in [0.25, 0.3) is 5.91 Å². The van der Waals surface area contributed by atoms with Gasteiger partial charge >= 0.3 is 0 Å². The van der Waals surface area contributed by atoms with Gasteiger partial charge in [-0.3, -0.25) is 4.79 Å². The molecular weight excluding hydrogens is 322 g/mol. The highest BCUT2D eigenvalue weighted by Gasteiger charge is 2.12. The highest BCUT2D eigenvalue weighted by Crippen LogP contribution is 2.26. The molecule has 0 spiro atoms. The summed E-state index contributed by atoms with van der Waals surface area (Å²) in [5.41, 5.74) is 1.63. The molecule has 0 fully saturated rings. The summed E-state index contributed by atoms with van der Waals surface area (Å²) < 4.78 is 11.7.